The SMILES string of the molecule is O=C(Nc1cccc(N2CCOCC2)c1)c1ccc(SCc2cccnc2)cc1. The first kappa shape index (κ1) is 19.5. The number of hydrogen-bond donors (Lipinski definition) is 1. The summed E-state index contributed by atoms with van der Waals surface area (Å²) in [4.78, 5) is 20.2. The van der Waals surface area contributed by atoms with Crippen molar-refractivity contribution in [2.45, 2.75) is 10.6 Å². The number of benzene rings is 2. The minimum Gasteiger partial charge on any atom is -0.378 e. The van der Waals surface area contributed by atoms with Gasteiger partial charge in [-0.3, -0.25) is 9.78 Å². The van der Waals surface area contributed by atoms with E-state index in [9.17, 15) is 4.79 Å². The maximum absolute atomic E-state index is 12.6. The molecule has 148 valence electrons. The van der Waals surface area contributed by atoms with Gasteiger partial charge in [0.2, 0.25) is 0 Å². The first-order valence-corrected chi connectivity index (χ1v) is 10.6. The highest BCUT2D eigenvalue weighted by Gasteiger charge is 2.12. The summed E-state index contributed by atoms with van der Waals surface area (Å²) in [7, 11) is 0. The highest BCUT2D eigenvalue weighted by molar-refractivity contribution is 7.98. The molecule has 6 heteroatoms. The third-order valence-electron chi connectivity index (χ3n) is 4.73. The van der Waals surface area contributed by atoms with Crippen molar-refractivity contribution in [1.29, 1.82) is 0 Å². The summed E-state index contributed by atoms with van der Waals surface area (Å²) in [5.41, 5.74) is 3.73. The fraction of sp³-hybridized carbons (Fsp3) is 0.217. The van der Waals surface area contributed by atoms with E-state index in [0.29, 0.717) is 5.56 Å². The fourth-order valence-corrected chi connectivity index (χ4v) is 3.99. The molecular weight excluding hydrogens is 382 g/mol. The van der Waals surface area contributed by atoms with Crippen LogP contribution in [0.5, 0.6) is 0 Å². The number of thioether (sulfide) groups is 1. The van der Waals surface area contributed by atoms with E-state index in [2.05, 4.69) is 27.3 Å². The number of rotatable bonds is 6. The van der Waals surface area contributed by atoms with E-state index in [0.717, 1.165) is 48.3 Å². The van der Waals surface area contributed by atoms with Gasteiger partial charge in [-0.15, -0.1) is 11.8 Å². The van der Waals surface area contributed by atoms with Crippen LogP contribution >= 0.6 is 11.8 Å². The molecule has 1 aliphatic heterocycles. The Morgan fingerprint density at radius 3 is 2.66 bits per heavy atom. The molecule has 0 aliphatic carbocycles. The van der Waals surface area contributed by atoms with Gasteiger partial charge >= 0.3 is 0 Å². The molecule has 2 aromatic carbocycles. The Morgan fingerprint density at radius 1 is 1.07 bits per heavy atom. The summed E-state index contributed by atoms with van der Waals surface area (Å²) in [6.07, 6.45) is 3.65. The molecule has 1 N–H and O–H groups in total. The summed E-state index contributed by atoms with van der Waals surface area (Å²) < 4.78 is 5.41. The zero-order chi connectivity index (χ0) is 19.9. The molecule has 29 heavy (non-hydrogen) atoms. The first-order chi connectivity index (χ1) is 14.3. The molecule has 1 aliphatic rings. The molecule has 0 bridgehead atoms. The molecule has 0 unspecified atom stereocenters. The molecule has 0 saturated carbocycles. The van der Waals surface area contributed by atoms with Crippen molar-refractivity contribution in [1.82, 2.24) is 4.98 Å². The number of nitrogens with zero attached hydrogens (tertiary/aromatic N) is 2. The number of carbonyl (C=O) groups excluding carboxylic acids is 1. The second-order valence-corrected chi connectivity index (χ2v) is 7.83. The van der Waals surface area contributed by atoms with Gasteiger partial charge in [0, 0.05) is 53.1 Å². The van der Waals surface area contributed by atoms with Crippen LogP contribution in [-0.4, -0.2) is 37.2 Å². The fourth-order valence-electron chi connectivity index (χ4n) is 3.16. The summed E-state index contributed by atoms with van der Waals surface area (Å²) in [5.74, 6) is 0.751. The zero-order valence-corrected chi connectivity index (χ0v) is 16.9. The molecule has 1 aromatic heterocycles. The van der Waals surface area contributed by atoms with Crippen LogP contribution in [0, 0.1) is 0 Å². The van der Waals surface area contributed by atoms with Crippen LogP contribution < -0.4 is 10.2 Å². The van der Waals surface area contributed by atoms with Crippen LogP contribution in [0.15, 0.2) is 78.0 Å². The van der Waals surface area contributed by atoms with Crippen molar-refractivity contribution in [3.63, 3.8) is 0 Å². The van der Waals surface area contributed by atoms with Crippen molar-refractivity contribution >= 4 is 29.0 Å². The summed E-state index contributed by atoms with van der Waals surface area (Å²) >= 11 is 1.73. The minimum atomic E-state index is -0.104. The summed E-state index contributed by atoms with van der Waals surface area (Å²) in [6.45, 7) is 3.22. The van der Waals surface area contributed by atoms with Gasteiger partial charge in [-0.1, -0.05) is 12.1 Å². The van der Waals surface area contributed by atoms with Crippen molar-refractivity contribution < 1.29 is 9.53 Å². The Hall–Kier alpha value is -2.83. The predicted octanol–water partition coefficient (Wildman–Crippen LogP) is 4.46. The second kappa shape index (κ2) is 9.58. The number of carbonyl (C=O) groups is 1. The van der Waals surface area contributed by atoms with Crippen LogP contribution in [0.4, 0.5) is 11.4 Å². The van der Waals surface area contributed by atoms with Gasteiger partial charge in [0.05, 0.1) is 13.2 Å². The summed E-state index contributed by atoms with van der Waals surface area (Å²) in [5, 5.41) is 3.00. The maximum Gasteiger partial charge on any atom is 0.255 e. The first-order valence-electron chi connectivity index (χ1n) is 9.64. The van der Waals surface area contributed by atoms with Gasteiger partial charge in [-0.2, -0.15) is 0 Å². The number of morpholine rings is 1. The molecule has 1 fully saturated rings. The third-order valence-corrected chi connectivity index (χ3v) is 5.81. The molecule has 1 amide bonds. The van der Waals surface area contributed by atoms with E-state index in [1.807, 2.05) is 54.7 Å². The quantitative estimate of drug-likeness (QED) is 0.614. The van der Waals surface area contributed by atoms with E-state index < -0.39 is 0 Å². The monoisotopic (exact) mass is 405 g/mol. The number of aromatic nitrogens is 1. The van der Waals surface area contributed by atoms with Crippen molar-refractivity contribution in [2.75, 3.05) is 36.5 Å². The van der Waals surface area contributed by atoms with Gasteiger partial charge in [0.25, 0.3) is 5.91 Å². The lowest BCUT2D eigenvalue weighted by molar-refractivity contribution is 0.102. The van der Waals surface area contributed by atoms with E-state index in [1.54, 1.807) is 18.0 Å². The lowest BCUT2D eigenvalue weighted by Gasteiger charge is -2.29. The average molecular weight is 406 g/mol. The molecule has 4 rings (SSSR count). The molecule has 0 radical (unpaired) electrons. The maximum atomic E-state index is 12.6. The van der Waals surface area contributed by atoms with E-state index in [4.69, 9.17) is 4.74 Å². The number of amides is 1. The van der Waals surface area contributed by atoms with Gasteiger partial charge in [-0.05, 0) is 54.1 Å². The van der Waals surface area contributed by atoms with Crippen molar-refractivity contribution in [2.24, 2.45) is 0 Å². The van der Waals surface area contributed by atoms with Crippen LogP contribution in [0.1, 0.15) is 15.9 Å². The third kappa shape index (κ3) is 5.37. The van der Waals surface area contributed by atoms with Crippen molar-refractivity contribution in [3.05, 3.63) is 84.2 Å². The number of ether oxygens (including phenoxy) is 1. The minimum absolute atomic E-state index is 0.104. The van der Waals surface area contributed by atoms with Gasteiger partial charge in [0.15, 0.2) is 0 Å². The Bertz CT molecular complexity index is 942. The number of anilines is 2. The Morgan fingerprint density at radius 2 is 1.90 bits per heavy atom. The highest BCUT2D eigenvalue weighted by Crippen LogP contribution is 2.24. The van der Waals surface area contributed by atoms with Crippen LogP contribution in [0.3, 0.4) is 0 Å². The van der Waals surface area contributed by atoms with Crippen LogP contribution in [-0.2, 0) is 10.5 Å². The highest BCUT2D eigenvalue weighted by atomic mass is 32.2. The topological polar surface area (TPSA) is 54.5 Å². The lowest BCUT2D eigenvalue weighted by atomic mass is 10.2. The van der Waals surface area contributed by atoms with Gasteiger partial charge in [0.1, 0.15) is 0 Å². The molecule has 3 aromatic rings. The summed E-state index contributed by atoms with van der Waals surface area (Å²) in [6, 6.07) is 19.7. The van der Waals surface area contributed by atoms with E-state index >= 15 is 0 Å². The molecule has 0 spiro atoms. The molecular formula is C23H23N3O2S. The Kier molecular flexibility index (Phi) is 6.44. The molecule has 2 heterocycles. The van der Waals surface area contributed by atoms with Crippen molar-refractivity contribution in [3.8, 4) is 0 Å². The average Bonchev–Trinajstić information content (AvgIpc) is 2.79. The van der Waals surface area contributed by atoms with Gasteiger partial charge < -0.3 is 15.0 Å². The molecule has 5 nitrogen and oxygen atoms in total. The zero-order valence-electron chi connectivity index (χ0n) is 16.1. The standard InChI is InChI=1S/C23H23N3O2S/c27-23(25-20-4-1-5-21(15-20)26-11-13-28-14-12-26)19-6-8-22(9-7-19)29-17-18-3-2-10-24-16-18/h1-10,15-16H,11-14,17H2,(H,25,27). The largest absolute Gasteiger partial charge is 0.378 e. The van der Waals surface area contributed by atoms with E-state index in [-0.39, 0.29) is 5.91 Å². The molecule has 1 saturated heterocycles. The molecule has 0 atom stereocenters. The Labute approximate surface area is 175 Å². The lowest BCUT2D eigenvalue weighted by Crippen LogP contribution is -2.36. The Balaban J connectivity index is 1.36. The second-order valence-electron chi connectivity index (χ2n) is 6.78. The smallest absolute Gasteiger partial charge is 0.255 e. The van der Waals surface area contributed by atoms with Gasteiger partial charge in [-0.25, -0.2) is 0 Å². The number of nitrogens with one attached hydrogen (secondary N) is 1. The number of pyridine rings is 1. The van der Waals surface area contributed by atoms with Crippen LogP contribution in [0.25, 0.3) is 0 Å². The number of hydrogen-bond acceptors (Lipinski definition) is 5. The normalized spacial score (nSPS) is 13.9. The van der Waals surface area contributed by atoms with E-state index in [1.165, 1.54) is 5.56 Å². The van der Waals surface area contributed by atoms with Crippen LogP contribution in [0.2, 0.25) is 0 Å². The predicted molar refractivity (Wildman–Crippen MR) is 118 cm³/mol.